The minimum atomic E-state index is -0.441. The zero-order valence-electron chi connectivity index (χ0n) is 14.4. The van der Waals surface area contributed by atoms with Gasteiger partial charge in [0.25, 0.3) is 5.56 Å². The third-order valence-corrected chi connectivity index (χ3v) is 3.95. The van der Waals surface area contributed by atoms with Crippen LogP contribution in [-0.4, -0.2) is 28.8 Å². The second kappa shape index (κ2) is 7.18. The summed E-state index contributed by atoms with van der Waals surface area (Å²) < 4.78 is 5.87. The Bertz CT molecular complexity index is 1040. The molecule has 1 amide bonds. The lowest BCUT2D eigenvalue weighted by molar-refractivity contribution is -0.115. The smallest absolute Gasteiger partial charge is 0.337 e. The van der Waals surface area contributed by atoms with Gasteiger partial charge in [0.05, 0.1) is 30.2 Å². The van der Waals surface area contributed by atoms with Gasteiger partial charge in [0, 0.05) is 18.1 Å². The van der Waals surface area contributed by atoms with Gasteiger partial charge < -0.3 is 10.1 Å². The third-order valence-electron chi connectivity index (χ3n) is 3.95. The average molecular weight is 351 g/mol. The van der Waals surface area contributed by atoms with Gasteiger partial charge in [-0.05, 0) is 30.3 Å². The molecule has 0 aliphatic heterocycles. The predicted molar refractivity (Wildman–Crippen MR) is 97.1 cm³/mol. The number of anilines is 1. The van der Waals surface area contributed by atoms with Gasteiger partial charge in [0.1, 0.15) is 0 Å². The van der Waals surface area contributed by atoms with E-state index in [0.29, 0.717) is 27.7 Å². The summed E-state index contributed by atoms with van der Waals surface area (Å²) in [7, 11) is 2.87. The molecule has 0 saturated heterocycles. The second-order valence-electron chi connectivity index (χ2n) is 5.71. The van der Waals surface area contributed by atoms with Crippen molar-refractivity contribution in [3.63, 3.8) is 0 Å². The van der Waals surface area contributed by atoms with Crippen molar-refractivity contribution in [2.24, 2.45) is 7.05 Å². The molecular weight excluding hydrogens is 334 g/mol. The Morgan fingerprint density at radius 3 is 2.38 bits per heavy atom. The van der Waals surface area contributed by atoms with Gasteiger partial charge in [-0.3, -0.25) is 9.59 Å². The number of hydrogen-bond donors (Lipinski definition) is 1. The van der Waals surface area contributed by atoms with Gasteiger partial charge in [-0.2, -0.15) is 5.10 Å². The number of methoxy groups -OCH3 is 1. The Balaban J connectivity index is 1.81. The lowest BCUT2D eigenvalue weighted by atomic mass is 10.1. The summed E-state index contributed by atoms with van der Waals surface area (Å²) in [5.74, 6) is -0.712. The molecule has 3 aromatic rings. The molecule has 26 heavy (non-hydrogen) atoms. The number of ether oxygens (including phenoxy) is 1. The van der Waals surface area contributed by atoms with E-state index in [-0.39, 0.29) is 17.9 Å². The third kappa shape index (κ3) is 3.46. The molecule has 2 aromatic carbocycles. The van der Waals surface area contributed by atoms with Crippen molar-refractivity contribution in [1.82, 2.24) is 9.78 Å². The van der Waals surface area contributed by atoms with Crippen LogP contribution in [-0.2, 0) is 23.0 Å². The fraction of sp³-hybridized carbons (Fsp3) is 0.158. The highest BCUT2D eigenvalue weighted by molar-refractivity contribution is 5.96. The summed E-state index contributed by atoms with van der Waals surface area (Å²) >= 11 is 0. The summed E-state index contributed by atoms with van der Waals surface area (Å²) in [4.78, 5) is 35.9. The van der Waals surface area contributed by atoms with E-state index in [1.807, 2.05) is 0 Å². The topological polar surface area (TPSA) is 90.3 Å². The molecule has 0 bridgehead atoms. The van der Waals surface area contributed by atoms with Gasteiger partial charge >= 0.3 is 5.97 Å². The number of carbonyl (C=O) groups excluding carboxylic acids is 2. The molecule has 1 N–H and O–H groups in total. The molecule has 0 unspecified atom stereocenters. The number of benzene rings is 2. The standard InChI is InChI=1S/C19H17N3O4/c1-22-18(24)15-6-4-3-5-14(15)16(21-22)11-17(23)20-13-9-7-12(8-10-13)19(25)26-2/h3-10H,11H2,1-2H3,(H,20,23). The van der Waals surface area contributed by atoms with Crippen LogP contribution in [0.3, 0.4) is 0 Å². The summed E-state index contributed by atoms with van der Waals surface area (Å²) in [6.45, 7) is 0. The van der Waals surface area contributed by atoms with Gasteiger partial charge in [-0.15, -0.1) is 0 Å². The Labute approximate surface area is 149 Å². The van der Waals surface area contributed by atoms with Crippen molar-refractivity contribution in [1.29, 1.82) is 0 Å². The molecule has 3 rings (SSSR count). The first kappa shape index (κ1) is 17.3. The maximum absolute atomic E-state index is 12.4. The number of rotatable bonds is 4. The molecule has 0 aliphatic carbocycles. The normalized spacial score (nSPS) is 10.5. The van der Waals surface area contributed by atoms with Crippen LogP contribution in [0, 0.1) is 0 Å². The molecule has 0 fully saturated rings. The Morgan fingerprint density at radius 1 is 1.08 bits per heavy atom. The molecule has 0 spiro atoms. The van der Waals surface area contributed by atoms with Gasteiger partial charge in [0.15, 0.2) is 0 Å². The number of aryl methyl sites for hydroxylation is 1. The number of carbonyl (C=O) groups is 2. The van der Waals surface area contributed by atoms with Crippen LogP contribution >= 0.6 is 0 Å². The number of hydrogen-bond acceptors (Lipinski definition) is 5. The van der Waals surface area contributed by atoms with E-state index >= 15 is 0 Å². The number of esters is 1. The van der Waals surface area contributed by atoms with Crippen LogP contribution in [0.2, 0.25) is 0 Å². The maximum atomic E-state index is 12.4. The fourth-order valence-electron chi connectivity index (χ4n) is 2.67. The van der Waals surface area contributed by atoms with Crippen molar-refractivity contribution in [2.75, 3.05) is 12.4 Å². The second-order valence-corrected chi connectivity index (χ2v) is 5.71. The largest absolute Gasteiger partial charge is 0.465 e. The van der Waals surface area contributed by atoms with E-state index in [2.05, 4.69) is 15.2 Å². The van der Waals surface area contributed by atoms with Crippen molar-refractivity contribution < 1.29 is 14.3 Å². The first-order valence-electron chi connectivity index (χ1n) is 7.92. The van der Waals surface area contributed by atoms with Crippen LogP contribution < -0.4 is 10.9 Å². The van der Waals surface area contributed by atoms with Crippen molar-refractivity contribution in [2.45, 2.75) is 6.42 Å². The van der Waals surface area contributed by atoms with E-state index in [9.17, 15) is 14.4 Å². The van der Waals surface area contributed by atoms with E-state index in [1.165, 1.54) is 11.8 Å². The van der Waals surface area contributed by atoms with Crippen LogP contribution in [0.25, 0.3) is 10.8 Å². The van der Waals surface area contributed by atoms with E-state index in [4.69, 9.17) is 0 Å². The minimum Gasteiger partial charge on any atom is -0.465 e. The highest BCUT2D eigenvalue weighted by atomic mass is 16.5. The quantitative estimate of drug-likeness (QED) is 0.725. The van der Waals surface area contributed by atoms with E-state index in [0.717, 1.165) is 0 Å². The van der Waals surface area contributed by atoms with Crippen LogP contribution in [0.1, 0.15) is 16.1 Å². The zero-order valence-corrected chi connectivity index (χ0v) is 14.4. The van der Waals surface area contributed by atoms with Crippen molar-refractivity contribution in [3.8, 4) is 0 Å². The molecule has 1 heterocycles. The van der Waals surface area contributed by atoms with Crippen molar-refractivity contribution in [3.05, 3.63) is 70.1 Å². The molecule has 0 saturated carbocycles. The first-order chi connectivity index (χ1) is 12.5. The monoisotopic (exact) mass is 351 g/mol. The Morgan fingerprint density at radius 2 is 1.73 bits per heavy atom. The fourth-order valence-corrected chi connectivity index (χ4v) is 2.67. The van der Waals surface area contributed by atoms with Crippen LogP contribution in [0.4, 0.5) is 5.69 Å². The molecule has 0 aliphatic rings. The molecule has 7 heteroatoms. The summed E-state index contributed by atoms with van der Waals surface area (Å²) in [5, 5.41) is 8.15. The Hall–Kier alpha value is -3.48. The first-order valence-corrected chi connectivity index (χ1v) is 7.92. The lowest BCUT2D eigenvalue weighted by Gasteiger charge is -2.09. The van der Waals surface area contributed by atoms with Crippen molar-refractivity contribution >= 4 is 28.3 Å². The van der Waals surface area contributed by atoms with Gasteiger partial charge in [-0.1, -0.05) is 18.2 Å². The Kier molecular flexibility index (Phi) is 4.79. The number of aromatic nitrogens is 2. The summed E-state index contributed by atoms with van der Waals surface area (Å²) in [5.41, 5.74) is 1.27. The number of amides is 1. The highest BCUT2D eigenvalue weighted by Gasteiger charge is 2.13. The molecular formula is C19H17N3O4. The highest BCUT2D eigenvalue weighted by Crippen LogP contribution is 2.15. The molecule has 132 valence electrons. The molecule has 7 nitrogen and oxygen atoms in total. The van der Waals surface area contributed by atoms with Crippen LogP contribution in [0.5, 0.6) is 0 Å². The number of nitrogens with one attached hydrogen (secondary N) is 1. The molecule has 0 atom stereocenters. The summed E-state index contributed by atoms with van der Waals surface area (Å²) in [6, 6.07) is 13.5. The SMILES string of the molecule is COC(=O)c1ccc(NC(=O)Cc2nn(C)c(=O)c3ccccc23)cc1. The van der Waals surface area contributed by atoms with E-state index < -0.39 is 5.97 Å². The maximum Gasteiger partial charge on any atom is 0.337 e. The van der Waals surface area contributed by atoms with E-state index in [1.54, 1.807) is 55.6 Å². The number of nitrogens with zero attached hydrogens (tertiary/aromatic N) is 2. The van der Waals surface area contributed by atoms with Gasteiger partial charge in [-0.25, -0.2) is 9.48 Å². The minimum absolute atomic E-state index is 0.0212. The van der Waals surface area contributed by atoms with Crippen LogP contribution in [0.15, 0.2) is 53.3 Å². The van der Waals surface area contributed by atoms with Gasteiger partial charge in [0.2, 0.25) is 5.91 Å². The summed E-state index contributed by atoms with van der Waals surface area (Å²) in [6.07, 6.45) is 0.0212. The molecule has 0 radical (unpaired) electrons. The lowest BCUT2D eigenvalue weighted by Crippen LogP contribution is -2.24. The molecule has 1 aromatic heterocycles. The average Bonchev–Trinajstić information content (AvgIpc) is 2.66. The predicted octanol–water partition coefficient (Wildman–Crippen LogP) is 1.90. The number of fused-ring (bicyclic) bond motifs is 1. The zero-order chi connectivity index (χ0) is 18.7.